The second-order valence-corrected chi connectivity index (χ2v) is 6.73. The molecule has 1 aromatic carbocycles. The number of rotatable bonds is 5. The van der Waals surface area contributed by atoms with Gasteiger partial charge in [-0.1, -0.05) is 19.3 Å². The molecule has 0 spiro atoms. The predicted molar refractivity (Wildman–Crippen MR) is 101 cm³/mol. The average molecular weight is 388 g/mol. The Kier molecular flexibility index (Phi) is 5.87. The smallest absolute Gasteiger partial charge is 0.331 e. The highest BCUT2D eigenvalue weighted by atomic mass is 16.5. The summed E-state index contributed by atoms with van der Waals surface area (Å²) in [4.78, 5) is 38.9. The van der Waals surface area contributed by atoms with Crippen LogP contribution in [-0.4, -0.2) is 50.1 Å². The van der Waals surface area contributed by atoms with Gasteiger partial charge in [0.2, 0.25) is 0 Å². The second kappa shape index (κ2) is 8.33. The Morgan fingerprint density at radius 1 is 0.929 bits per heavy atom. The molecule has 1 N–H and O–H groups in total. The first-order valence-corrected chi connectivity index (χ1v) is 9.20. The van der Waals surface area contributed by atoms with Crippen molar-refractivity contribution in [1.82, 2.24) is 10.2 Å². The van der Waals surface area contributed by atoms with Crippen LogP contribution in [0.15, 0.2) is 17.7 Å². The molecule has 1 saturated heterocycles. The van der Waals surface area contributed by atoms with E-state index in [2.05, 4.69) is 5.32 Å². The summed E-state index contributed by atoms with van der Waals surface area (Å²) < 4.78 is 15.9. The Hall–Kier alpha value is -3.03. The zero-order chi connectivity index (χ0) is 20.3. The minimum Gasteiger partial charge on any atom is -0.496 e. The summed E-state index contributed by atoms with van der Waals surface area (Å²) in [5, 5.41) is 2.28. The highest BCUT2D eigenvalue weighted by molar-refractivity contribution is 6.31. The van der Waals surface area contributed by atoms with Crippen molar-refractivity contribution in [1.29, 1.82) is 0 Å². The number of nitrogens with one attached hydrogen (secondary N) is 1. The van der Waals surface area contributed by atoms with Gasteiger partial charge >= 0.3 is 6.03 Å². The topological polar surface area (TPSA) is 94.2 Å². The first-order valence-electron chi connectivity index (χ1n) is 9.20. The summed E-state index contributed by atoms with van der Waals surface area (Å²) >= 11 is 0. The van der Waals surface area contributed by atoms with Crippen LogP contribution < -0.4 is 19.5 Å². The van der Waals surface area contributed by atoms with E-state index in [0.717, 1.165) is 32.1 Å². The maximum absolute atomic E-state index is 13.0. The largest absolute Gasteiger partial charge is 0.496 e. The van der Waals surface area contributed by atoms with Crippen LogP contribution in [0.25, 0.3) is 6.08 Å². The standard InChI is InChI=1S/C20H24N2O6/c1-26-15-11-17(28-3)16(27-2)10-12(15)9-14-18(23)21-20(25)22(19(14)24)13-7-5-4-6-8-13/h9-11,13H,4-8H2,1-3H3,(H,21,23,25). The monoisotopic (exact) mass is 388 g/mol. The van der Waals surface area contributed by atoms with Crippen molar-refractivity contribution >= 4 is 23.9 Å². The molecule has 4 amide bonds. The van der Waals surface area contributed by atoms with Gasteiger partial charge in [-0.2, -0.15) is 0 Å². The van der Waals surface area contributed by atoms with Crippen LogP contribution >= 0.6 is 0 Å². The second-order valence-electron chi connectivity index (χ2n) is 6.73. The molecule has 3 rings (SSSR count). The number of hydrogen-bond donors (Lipinski definition) is 1. The van der Waals surface area contributed by atoms with Crippen LogP contribution in [0.4, 0.5) is 4.79 Å². The van der Waals surface area contributed by atoms with Gasteiger partial charge in [-0.25, -0.2) is 4.79 Å². The molecule has 0 radical (unpaired) electrons. The van der Waals surface area contributed by atoms with Crippen LogP contribution in [0, 0.1) is 0 Å². The van der Waals surface area contributed by atoms with Crippen molar-refractivity contribution in [3.05, 3.63) is 23.3 Å². The normalized spacial score (nSPS) is 19.6. The van der Waals surface area contributed by atoms with Crippen molar-refractivity contribution < 1.29 is 28.6 Å². The lowest BCUT2D eigenvalue weighted by Gasteiger charge is -2.35. The van der Waals surface area contributed by atoms with E-state index in [-0.39, 0.29) is 11.6 Å². The van der Waals surface area contributed by atoms with Gasteiger partial charge in [0.05, 0.1) is 21.3 Å². The van der Waals surface area contributed by atoms with E-state index in [1.165, 1.54) is 32.3 Å². The van der Waals surface area contributed by atoms with Crippen LogP contribution in [0.2, 0.25) is 0 Å². The highest BCUT2D eigenvalue weighted by Crippen LogP contribution is 2.36. The lowest BCUT2D eigenvalue weighted by Crippen LogP contribution is -2.58. The number of carbonyl (C=O) groups is 3. The molecular weight excluding hydrogens is 364 g/mol. The molecule has 0 unspecified atom stereocenters. The number of hydrogen-bond acceptors (Lipinski definition) is 6. The third-order valence-electron chi connectivity index (χ3n) is 5.11. The zero-order valence-electron chi connectivity index (χ0n) is 16.2. The Balaban J connectivity index is 2.01. The molecule has 1 aliphatic heterocycles. The van der Waals surface area contributed by atoms with Gasteiger partial charge in [0, 0.05) is 17.7 Å². The molecule has 0 atom stereocenters. The Bertz CT molecular complexity index is 826. The highest BCUT2D eigenvalue weighted by Gasteiger charge is 2.40. The first-order chi connectivity index (χ1) is 13.5. The summed E-state index contributed by atoms with van der Waals surface area (Å²) in [5.41, 5.74) is 0.354. The van der Waals surface area contributed by atoms with Crippen molar-refractivity contribution in [2.45, 2.75) is 38.1 Å². The fourth-order valence-electron chi connectivity index (χ4n) is 3.66. The van der Waals surface area contributed by atoms with E-state index in [0.29, 0.717) is 22.8 Å². The van der Waals surface area contributed by atoms with E-state index in [1.54, 1.807) is 12.1 Å². The average Bonchev–Trinajstić information content (AvgIpc) is 2.71. The SMILES string of the molecule is COc1cc(OC)c(OC)cc1C=C1C(=O)NC(=O)N(C2CCCCC2)C1=O. The maximum Gasteiger partial charge on any atom is 0.331 e. The van der Waals surface area contributed by atoms with E-state index in [9.17, 15) is 14.4 Å². The first kappa shape index (κ1) is 19.7. The predicted octanol–water partition coefficient (Wildman–Crippen LogP) is 2.51. The van der Waals surface area contributed by atoms with E-state index < -0.39 is 17.8 Å². The lowest BCUT2D eigenvalue weighted by molar-refractivity contribution is -0.132. The van der Waals surface area contributed by atoms with Crippen molar-refractivity contribution in [3.63, 3.8) is 0 Å². The summed E-state index contributed by atoms with van der Waals surface area (Å²) in [6.45, 7) is 0. The molecule has 1 heterocycles. The van der Waals surface area contributed by atoms with Crippen LogP contribution in [0.1, 0.15) is 37.7 Å². The van der Waals surface area contributed by atoms with E-state index in [1.807, 2.05) is 0 Å². The molecule has 28 heavy (non-hydrogen) atoms. The molecule has 2 aliphatic rings. The molecule has 8 nitrogen and oxygen atoms in total. The quantitative estimate of drug-likeness (QED) is 0.615. The summed E-state index contributed by atoms with van der Waals surface area (Å²) in [6, 6.07) is 2.39. The number of carbonyl (C=O) groups excluding carboxylic acids is 3. The molecule has 1 aromatic rings. The van der Waals surface area contributed by atoms with Gasteiger partial charge in [-0.15, -0.1) is 0 Å². The van der Waals surface area contributed by atoms with E-state index in [4.69, 9.17) is 14.2 Å². The molecule has 1 aliphatic carbocycles. The summed E-state index contributed by atoms with van der Waals surface area (Å²) in [5.74, 6) is -0.0118. The number of nitrogens with zero attached hydrogens (tertiary/aromatic N) is 1. The number of benzene rings is 1. The van der Waals surface area contributed by atoms with Crippen LogP contribution in [0.3, 0.4) is 0 Å². The number of urea groups is 1. The van der Waals surface area contributed by atoms with Crippen molar-refractivity contribution in [2.75, 3.05) is 21.3 Å². The maximum atomic E-state index is 13.0. The molecule has 0 bridgehead atoms. The number of amides is 4. The minimum absolute atomic E-state index is 0.115. The number of methoxy groups -OCH3 is 3. The number of imide groups is 2. The minimum atomic E-state index is -0.723. The van der Waals surface area contributed by atoms with Crippen LogP contribution in [-0.2, 0) is 9.59 Å². The fourth-order valence-corrected chi connectivity index (χ4v) is 3.66. The molecule has 1 saturated carbocycles. The Morgan fingerprint density at radius 2 is 1.54 bits per heavy atom. The Labute approximate surface area is 163 Å². The molecule has 2 fully saturated rings. The Morgan fingerprint density at radius 3 is 2.14 bits per heavy atom. The third-order valence-corrected chi connectivity index (χ3v) is 5.11. The summed E-state index contributed by atoms with van der Waals surface area (Å²) in [6.07, 6.45) is 5.92. The molecule has 150 valence electrons. The zero-order valence-corrected chi connectivity index (χ0v) is 16.2. The van der Waals surface area contributed by atoms with Gasteiger partial charge < -0.3 is 14.2 Å². The summed E-state index contributed by atoms with van der Waals surface area (Å²) in [7, 11) is 4.47. The lowest BCUT2D eigenvalue weighted by atomic mass is 9.93. The third kappa shape index (κ3) is 3.67. The number of barbiturate groups is 1. The van der Waals surface area contributed by atoms with Gasteiger partial charge in [0.15, 0.2) is 11.5 Å². The van der Waals surface area contributed by atoms with Crippen LogP contribution in [0.5, 0.6) is 17.2 Å². The molecule has 8 heteroatoms. The number of ether oxygens (including phenoxy) is 3. The van der Waals surface area contributed by atoms with Crippen molar-refractivity contribution in [2.24, 2.45) is 0 Å². The van der Waals surface area contributed by atoms with Gasteiger partial charge in [0.1, 0.15) is 11.3 Å². The van der Waals surface area contributed by atoms with Gasteiger partial charge in [-0.05, 0) is 25.0 Å². The molecular formula is C20H24N2O6. The van der Waals surface area contributed by atoms with E-state index >= 15 is 0 Å². The van der Waals surface area contributed by atoms with Gasteiger partial charge in [-0.3, -0.25) is 19.8 Å². The van der Waals surface area contributed by atoms with Crippen molar-refractivity contribution in [3.8, 4) is 17.2 Å². The molecule has 0 aromatic heterocycles. The fraction of sp³-hybridized carbons (Fsp3) is 0.450. The van der Waals surface area contributed by atoms with Gasteiger partial charge in [0.25, 0.3) is 11.8 Å².